The monoisotopic (exact) mass is 439 g/mol. The summed E-state index contributed by atoms with van der Waals surface area (Å²) in [6.45, 7) is 4.33. The second-order valence-electron chi connectivity index (χ2n) is 7.66. The van der Waals surface area contributed by atoms with Gasteiger partial charge in [0.15, 0.2) is 11.5 Å². The van der Waals surface area contributed by atoms with Crippen molar-refractivity contribution in [2.75, 3.05) is 33.9 Å². The van der Waals surface area contributed by atoms with Gasteiger partial charge in [-0.05, 0) is 18.6 Å². The van der Waals surface area contributed by atoms with Gasteiger partial charge in [0.05, 0.1) is 25.4 Å². The number of benzene rings is 2. The Hall–Kier alpha value is -2.87. The van der Waals surface area contributed by atoms with E-state index in [0.29, 0.717) is 50.0 Å². The number of aryl methyl sites for hydroxylation is 1. The van der Waals surface area contributed by atoms with Crippen LogP contribution in [0, 0.1) is 0 Å². The summed E-state index contributed by atoms with van der Waals surface area (Å²) in [6.07, 6.45) is 0.273. The lowest BCUT2D eigenvalue weighted by molar-refractivity contribution is 0.0827. The van der Waals surface area contributed by atoms with Gasteiger partial charge < -0.3 is 19.3 Å². The highest BCUT2D eigenvalue weighted by Gasteiger charge is 2.23. The van der Waals surface area contributed by atoms with E-state index in [1.165, 1.54) is 0 Å². The molecule has 3 rings (SSSR count). The molecule has 0 amide bonds. The van der Waals surface area contributed by atoms with Crippen molar-refractivity contribution < 1.29 is 19.3 Å². The molecule has 1 atom stereocenters. The third-order valence-electron chi connectivity index (χ3n) is 5.34. The van der Waals surface area contributed by atoms with Gasteiger partial charge in [-0.3, -0.25) is 4.90 Å². The average Bonchev–Trinajstić information content (AvgIpc) is 3.13. The maximum Gasteiger partial charge on any atom is 0.222 e. The molecule has 0 saturated carbocycles. The smallest absolute Gasteiger partial charge is 0.222 e. The summed E-state index contributed by atoms with van der Waals surface area (Å²) in [6, 6.07) is 17.6. The molecule has 7 nitrogen and oxygen atoms in total. The van der Waals surface area contributed by atoms with Crippen LogP contribution >= 0.6 is 0 Å². The molecule has 0 bridgehead atoms. The van der Waals surface area contributed by atoms with Gasteiger partial charge in [0.1, 0.15) is 5.69 Å². The lowest BCUT2D eigenvalue weighted by atomic mass is 10.1. The molecule has 0 radical (unpaired) electrons. The van der Waals surface area contributed by atoms with Crippen LogP contribution in [-0.4, -0.2) is 59.8 Å². The highest BCUT2D eigenvalue weighted by Crippen LogP contribution is 2.37. The van der Waals surface area contributed by atoms with Crippen molar-refractivity contribution in [1.29, 1.82) is 0 Å². The first-order valence-electron chi connectivity index (χ1n) is 10.9. The van der Waals surface area contributed by atoms with E-state index in [9.17, 15) is 5.11 Å². The summed E-state index contributed by atoms with van der Waals surface area (Å²) in [4.78, 5) is 2.18. The van der Waals surface area contributed by atoms with E-state index < -0.39 is 6.10 Å². The SMILES string of the molecule is CCC(O)CN(CCOC)Cc1c(-c2ccccc2)nn(C)c1Oc1ccccc1OC. The van der Waals surface area contributed by atoms with E-state index in [1.54, 1.807) is 18.9 Å². The lowest BCUT2D eigenvalue weighted by Gasteiger charge is -2.25. The van der Waals surface area contributed by atoms with Gasteiger partial charge in [-0.15, -0.1) is 0 Å². The van der Waals surface area contributed by atoms with Crippen molar-refractivity contribution in [3.05, 3.63) is 60.2 Å². The zero-order valence-corrected chi connectivity index (χ0v) is 19.3. The van der Waals surface area contributed by atoms with E-state index in [0.717, 1.165) is 16.8 Å². The van der Waals surface area contributed by atoms with E-state index in [-0.39, 0.29) is 0 Å². The van der Waals surface area contributed by atoms with Crippen molar-refractivity contribution >= 4 is 0 Å². The summed E-state index contributed by atoms with van der Waals surface area (Å²) in [5.74, 6) is 1.91. The standard InChI is InChI=1S/C25H33N3O4/c1-5-20(29)17-28(15-16-30-3)18-21-24(19-11-7-6-8-12-19)26-27(2)25(21)32-23-14-10-9-13-22(23)31-4/h6-14,20,29H,5,15-18H2,1-4H3. The van der Waals surface area contributed by atoms with Gasteiger partial charge >= 0.3 is 0 Å². The Morgan fingerprint density at radius 1 is 1.03 bits per heavy atom. The predicted molar refractivity (Wildman–Crippen MR) is 125 cm³/mol. The Balaban J connectivity index is 2.03. The van der Waals surface area contributed by atoms with Crippen molar-refractivity contribution in [2.24, 2.45) is 7.05 Å². The van der Waals surface area contributed by atoms with Crippen molar-refractivity contribution in [3.63, 3.8) is 0 Å². The molecule has 0 saturated heterocycles. The number of aromatic nitrogens is 2. The molecule has 32 heavy (non-hydrogen) atoms. The number of hydrogen-bond acceptors (Lipinski definition) is 6. The average molecular weight is 440 g/mol. The Morgan fingerprint density at radius 2 is 1.72 bits per heavy atom. The van der Waals surface area contributed by atoms with Gasteiger partial charge in [0, 0.05) is 39.4 Å². The first-order valence-corrected chi connectivity index (χ1v) is 10.9. The van der Waals surface area contributed by atoms with Crippen LogP contribution in [0.25, 0.3) is 11.3 Å². The quantitative estimate of drug-likeness (QED) is 0.458. The molecular weight excluding hydrogens is 406 g/mol. The number of methoxy groups -OCH3 is 2. The van der Waals surface area contributed by atoms with Crippen LogP contribution in [0.15, 0.2) is 54.6 Å². The molecule has 7 heteroatoms. The van der Waals surface area contributed by atoms with Gasteiger partial charge in [0.25, 0.3) is 0 Å². The number of ether oxygens (including phenoxy) is 3. The minimum absolute atomic E-state index is 0.415. The summed E-state index contributed by atoms with van der Waals surface area (Å²) in [5, 5.41) is 15.1. The topological polar surface area (TPSA) is 69.0 Å². The van der Waals surface area contributed by atoms with Gasteiger partial charge in [-0.25, -0.2) is 4.68 Å². The van der Waals surface area contributed by atoms with Gasteiger partial charge in [-0.2, -0.15) is 5.10 Å². The van der Waals surface area contributed by atoms with E-state index >= 15 is 0 Å². The van der Waals surface area contributed by atoms with Crippen LogP contribution in [0.1, 0.15) is 18.9 Å². The largest absolute Gasteiger partial charge is 0.493 e. The molecule has 0 aliphatic heterocycles. The lowest BCUT2D eigenvalue weighted by Crippen LogP contribution is -2.34. The zero-order valence-electron chi connectivity index (χ0n) is 19.3. The van der Waals surface area contributed by atoms with E-state index in [4.69, 9.17) is 19.3 Å². The van der Waals surface area contributed by atoms with Crippen molar-refractivity contribution in [2.45, 2.75) is 26.0 Å². The first kappa shape index (κ1) is 23.8. The maximum absolute atomic E-state index is 10.3. The molecule has 0 aliphatic carbocycles. The molecule has 3 aromatic rings. The van der Waals surface area contributed by atoms with E-state index in [1.807, 2.05) is 68.6 Å². The Morgan fingerprint density at radius 3 is 2.38 bits per heavy atom. The van der Waals surface area contributed by atoms with Crippen molar-refractivity contribution in [1.82, 2.24) is 14.7 Å². The zero-order chi connectivity index (χ0) is 22.9. The predicted octanol–water partition coefficient (Wildman–Crippen LogP) is 4.11. The summed E-state index contributed by atoms with van der Waals surface area (Å²) < 4.78 is 18.9. The third kappa shape index (κ3) is 5.88. The van der Waals surface area contributed by atoms with Crippen LogP contribution in [-0.2, 0) is 18.3 Å². The number of hydrogen-bond donors (Lipinski definition) is 1. The summed E-state index contributed by atoms with van der Waals surface area (Å²) in [5.41, 5.74) is 2.81. The molecule has 0 spiro atoms. The normalized spacial score (nSPS) is 12.2. The molecule has 1 heterocycles. The maximum atomic E-state index is 10.3. The molecule has 1 N–H and O–H groups in total. The minimum Gasteiger partial charge on any atom is -0.493 e. The fourth-order valence-electron chi connectivity index (χ4n) is 3.56. The molecular formula is C25H33N3O4. The highest BCUT2D eigenvalue weighted by molar-refractivity contribution is 5.65. The minimum atomic E-state index is -0.415. The molecule has 0 fully saturated rings. The van der Waals surface area contributed by atoms with Crippen LogP contribution in [0.5, 0.6) is 17.4 Å². The van der Waals surface area contributed by atoms with Crippen LogP contribution in [0.2, 0.25) is 0 Å². The molecule has 172 valence electrons. The third-order valence-corrected chi connectivity index (χ3v) is 5.34. The van der Waals surface area contributed by atoms with Crippen LogP contribution in [0.3, 0.4) is 0 Å². The number of nitrogens with zero attached hydrogens (tertiary/aromatic N) is 3. The van der Waals surface area contributed by atoms with Crippen LogP contribution < -0.4 is 9.47 Å². The Bertz CT molecular complexity index is 975. The highest BCUT2D eigenvalue weighted by atomic mass is 16.5. The second kappa shape index (κ2) is 11.7. The molecule has 2 aromatic carbocycles. The first-order chi connectivity index (χ1) is 15.6. The Kier molecular flexibility index (Phi) is 8.67. The number of rotatable bonds is 12. The number of aliphatic hydroxyl groups excluding tert-OH is 1. The van der Waals surface area contributed by atoms with Gasteiger partial charge in [-0.1, -0.05) is 49.4 Å². The number of aliphatic hydroxyl groups is 1. The van der Waals surface area contributed by atoms with Crippen molar-refractivity contribution in [3.8, 4) is 28.6 Å². The molecule has 1 unspecified atom stereocenters. The fourth-order valence-corrected chi connectivity index (χ4v) is 3.56. The summed E-state index contributed by atoms with van der Waals surface area (Å²) >= 11 is 0. The second-order valence-corrected chi connectivity index (χ2v) is 7.66. The molecule has 1 aromatic heterocycles. The van der Waals surface area contributed by atoms with Crippen LogP contribution in [0.4, 0.5) is 0 Å². The van der Waals surface area contributed by atoms with Gasteiger partial charge in [0.2, 0.25) is 5.88 Å². The Labute approximate surface area is 190 Å². The summed E-state index contributed by atoms with van der Waals surface area (Å²) in [7, 11) is 5.19. The molecule has 0 aliphatic rings. The van der Waals surface area contributed by atoms with E-state index in [2.05, 4.69) is 4.90 Å². The number of para-hydroxylation sites is 2. The fraction of sp³-hybridized carbons (Fsp3) is 0.400.